The van der Waals surface area contributed by atoms with E-state index in [0.717, 1.165) is 33.3 Å². The summed E-state index contributed by atoms with van der Waals surface area (Å²) in [7, 11) is 0. The van der Waals surface area contributed by atoms with Gasteiger partial charge in [0.05, 0.1) is 5.69 Å². The lowest BCUT2D eigenvalue weighted by Crippen LogP contribution is -2.17. The van der Waals surface area contributed by atoms with E-state index < -0.39 is 0 Å². The van der Waals surface area contributed by atoms with Crippen LogP contribution in [0.15, 0.2) is 126 Å². The van der Waals surface area contributed by atoms with Crippen molar-refractivity contribution in [3.63, 3.8) is 0 Å². The number of fused-ring (bicyclic) bond motifs is 6. The van der Waals surface area contributed by atoms with Crippen molar-refractivity contribution in [1.29, 1.82) is 0 Å². The number of aryl methyl sites for hydroxylation is 2. The predicted octanol–water partition coefficient (Wildman–Crippen LogP) is 12.9. The first kappa shape index (κ1) is 29.3. The molecule has 1 aliphatic carbocycles. The zero-order valence-corrected chi connectivity index (χ0v) is 28.4. The van der Waals surface area contributed by atoms with Gasteiger partial charge in [-0.2, -0.15) is 0 Å². The topological polar surface area (TPSA) is 16.4 Å². The Hall–Kier alpha value is -5.08. The highest BCUT2D eigenvalue weighted by Crippen LogP contribution is 2.51. The van der Waals surface area contributed by atoms with Crippen molar-refractivity contribution in [2.45, 2.75) is 59.3 Å². The molecule has 0 radical (unpaired) electrons. The minimum Gasteiger partial charge on any atom is -0.456 e. The van der Waals surface area contributed by atoms with Crippen LogP contribution in [0.3, 0.4) is 0 Å². The van der Waals surface area contributed by atoms with Crippen LogP contribution in [0.5, 0.6) is 0 Å². The number of hydrogen-bond donors (Lipinski definition) is 0. The third-order valence-corrected chi connectivity index (χ3v) is 10.2. The van der Waals surface area contributed by atoms with Crippen molar-refractivity contribution in [2.75, 3.05) is 4.90 Å². The fourth-order valence-electron chi connectivity index (χ4n) is 7.73. The van der Waals surface area contributed by atoms with Gasteiger partial charge in [-0.15, -0.1) is 0 Å². The van der Waals surface area contributed by atoms with E-state index in [4.69, 9.17) is 4.42 Å². The molecule has 0 N–H and O–H groups in total. The molecule has 0 amide bonds. The summed E-state index contributed by atoms with van der Waals surface area (Å²) in [4.78, 5) is 2.43. The van der Waals surface area contributed by atoms with Crippen LogP contribution in [0.25, 0.3) is 44.2 Å². The van der Waals surface area contributed by atoms with E-state index in [1.165, 1.54) is 55.8 Å². The molecule has 6 aromatic carbocycles. The van der Waals surface area contributed by atoms with Crippen molar-refractivity contribution in [1.82, 2.24) is 0 Å². The number of rotatable bonds is 4. The number of nitrogens with zero attached hydrogens (tertiary/aromatic N) is 1. The minimum atomic E-state index is -0.0938. The van der Waals surface area contributed by atoms with Gasteiger partial charge in [-0.05, 0) is 112 Å². The van der Waals surface area contributed by atoms with Crippen LogP contribution in [-0.2, 0) is 10.8 Å². The van der Waals surface area contributed by atoms with Gasteiger partial charge in [-0.1, -0.05) is 107 Å². The van der Waals surface area contributed by atoms with Crippen LogP contribution < -0.4 is 4.90 Å². The van der Waals surface area contributed by atoms with E-state index in [0.29, 0.717) is 0 Å². The average Bonchev–Trinajstić information content (AvgIpc) is 3.54. The molecule has 47 heavy (non-hydrogen) atoms. The van der Waals surface area contributed by atoms with Crippen LogP contribution >= 0.6 is 0 Å². The normalized spacial score (nSPS) is 13.6. The Morgan fingerprint density at radius 1 is 0.553 bits per heavy atom. The smallest absolute Gasteiger partial charge is 0.137 e. The lowest BCUT2D eigenvalue weighted by molar-refractivity contribution is 0.590. The zero-order valence-electron chi connectivity index (χ0n) is 28.4. The van der Waals surface area contributed by atoms with Crippen LogP contribution in [0.4, 0.5) is 17.1 Å². The minimum absolute atomic E-state index is 0.0938. The van der Waals surface area contributed by atoms with Crippen LogP contribution in [0.1, 0.15) is 62.4 Å². The number of hydrogen-bond acceptors (Lipinski definition) is 2. The molecule has 7 aromatic rings. The molecule has 2 heteroatoms. The Morgan fingerprint density at radius 2 is 1.17 bits per heavy atom. The van der Waals surface area contributed by atoms with Crippen molar-refractivity contribution < 1.29 is 4.42 Å². The van der Waals surface area contributed by atoms with E-state index in [9.17, 15) is 0 Å². The second-order valence-corrected chi connectivity index (χ2v) is 14.8. The van der Waals surface area contributed by atoms with Crippen LogP contribution in [-0.4, -0.2) is 0 Å². The first-order valence-electron chi connectivity index (χ1n) is 16.7. The molecule has 1 heterocycles. The van der Waals surface area contributed by atoms with Gasteiger partial charge in [0.1, 0.15) is 11.2 Å². The Kier molecular flexibility index (Phi) is 6.53. The summed E-state index contributed by atoms with van der Waals surface area (Å²) in [5.74, 6) is 0. The maximum absolute atomic E-state index is 6.41. The summed E-state index contributed by atoms with van der Waals surface area (Å²) in [6.07, 6.45) is 0. The number of furan rings is 1. The Morgan fingerprint density at radius 3 is 1.91 bits per heavy atom. The zero-order chi connectivity index (χ0) is 32.7. The number of para-hydroxylation sites is 1. The molecular formula is C45H41NO. The summed E-state index contributed by atoms with van der Waals surface area (Å²) in [5.41, 5.74) is 17.0. The standard InChI is InChI=1S/C45H41NO/c1-28-24-31(30-16-18-32(19-17-30)44(3,4)5)25-29(2)43(28)46(34-21-23-38-37-13-9-11-15-41(37)47-42(38)27-34)33-20-22-36-35-12-8-10-14-39(35)45(6,7)40(36)26-33/h8-27H,1-7H3. The predicted molar refractivity (Wildman–Crippen MR) is 200 cm³/mol. The van der Waals surface area contributed by atoms with E-state index in [1.54, 1.807) is 0 Å². The summed E-state index contributed by atoms with van der Waals surface area (Å²) < 4.78 is 6.41. The van der Waals surface area contributed by atoms with Crippen molar-refractivity contribution in [2.24, 2.45) is 0 Å². The molecule has 232 valence electrons. The van der Waals surface area contributed by atoms with Gasteiger partial charge >= 0.3 is 0 Å². The van der Waals surface area contributed by atoms with Gasteiger partial charge in [0.15, 0.2) is 0 Å². The van der Waals surface area contributed by atoms with E-state index in [1.807, 2.05) is 12.1 Å². The van der Waals surface area contributed by atoms with Crippen LogP contribution in [0.2, 0.25) is 0 Å². The molecule has 0 spiro atoms. The van der Waals surface area contributed by atoms with Crippen molar-refractivity contribution >= 4 is 39.0 Å². The average molecular weight is 612 g/mol. The highest BCUT2D eigenvalue weighted by molar-refractivity contribution is 6.06. The molecule has 0 fully saturated rings. The fourth-order valence-corrected chi connectivity index (χ4v) is 7.73. The van der Waals surface area contributed by atoms with Crippen LogP contribution in [0, 0.1) is 13.8 Å². The molecular weight excluding hydrogens is 571 g/mol. The number of anilines is 3. The van der Waals surface area contributed by atoms with E-state index in [2.05, 4.69) is 163 Å². The largest absolute Gasteiger partial charge is 0.456 e. The first-order valence-corrected chi connectivity index (χ1v) is 16.7. The maximum atomic E-state index is 6.41. The summed E-state index contributed by atoms with van der Waals surface area (Å²) in [6, 6.07) is 44.6. The highest BCUT2D eigenvalue weighted by atomic mass is 16.3. The molecule has 0 saturated carbocycles. The van der Waals surface area contributed by atoms with E-state index in [-0.39, 0.29) is 10.8 Å². The molecule has 1 aliphatic rings. The quantitative estimate of drug-likeness (QED) is 0.197. The Labute approximate surface area is 278 Å². The van der Waals surface area contributed by atoms with E-state index >= 15 is 0 Å². The van der Waals surface area contributed by atoms with Gasteiger partial charge in [-0.25, -0.2) is 0 Å². The first-order chi connectivity index (χ1) is 22.5. The van der Waals surface area contributed by atoms with Gasteiger partial charge in [0.25, 0.3) is 0 Å². The van der Waals surface area contributed by atoms with Gasteiger partial charge in [0.2, 0.25) is 0 Å². The fraction of sp³-hybridized carbons (Fsp3) is 0.200. The monoisotopic (exact) mass is 611 g/mol. The lowest BCUT2D eigenvalue weighted by Gasteiger charge is -2.31. The third-order valence-electron chi connectivity index (χ3n) is 10.2. The molecule has 0 bridgehead atoms. The van der Waals surface area contributed by atoms with Crippen molar-refractivity contribution in [3.05, 3.63) is 149 Å². The molecule has 0 atom stereocenters. The molecule has 8 rings (SSSR count). The Balaban J connectivity index is 1.31. The van der Waals surface area contributed by atoms with Crippen molar-refractivity contribution in [3.8, 4) is 22.3 Å². The highest BCUT2D eigenvalue weighted by Gasteiger charge is 2.36. The maximum Gasteiger partial charge on any atom is 0.137 e. The molecule has 0 unspecified atom stereocenters. The SMILES string of the molecule is Cc1cc(-c2ccc(C(C)(C)C)cc2)cc(C)c1N(c1ccc2c(c1)C(C)(C)c1ccccc1-2)c1ccc2c(c1)oc1ccccc12. The molecule has 1 aromatic heterocycles. The second-order valence-electron chi connectivity index (χ2n) is 14.8. The summed E-state index contributed by atoms with van der Waals surface area (Å²) in [5, 5.41) is 2.28. The molecule has 0 aliphatic heterocycles. The van der Waals surface area contributed by atoms with Gasteiger partial charge < -0.3 is 9.32 Å². The number of benzene rings is 6. The Bertz CT molecular complexity index is 2310. The summed E-state index contributed by atoms with van der Waals surface area (Å²) >= 11 is 0. The molecule has 0 saturated heterocycles. The summed E-state index contributed by atoms with van der Waals surface area (Å²) in [6.45, 7) is 16.0. The third kappa shape index (κ3) is 4.69. The second kappa shape index (κ2) is 10.5. The molecule has 2 nitrogen and oxygen atoms in total. The van der Waals surface area contributed by atoms with Gasteiger partial charge in [-0.3, -0.25) is 0 Å². The van der Waals surface area contributed by atoms with Gasteiger partial charge in [0, 0.05) is 33.6 Å². The lowest BCUT2D eigenvalue weighted by atomic mass is 9.82.